The third-order valence-electron chi connectivity index (χ3n) is 3.59. The maximum absolute atomic E-state index is 11.1. The molecule has 2 rings (SSSR count). The number of primary amides is 1. The molecule has 27 heavy (non-hydrogen) atoms. The minimum absolute atomic E-state index is 0. The molecular formula is C19H27IN4O3. The Morgan fingerprint density at radius 2 is 1.93 bits per heavy atom. The number of benzene rings is 1. The summed E-state index contributed by atoms with van der Waals surface area (Å²) in [4.78, 5) is 15.2. The molecule has 0 saturated heterocycles. The monoisotopic (exact) mass is 486 g/mol. The van der Waals surface area contributed by atoms with E-state index in [4.69, 9.17) is 14.9 Å². The highest BCUT2D eigenvalue weighted by molar-refractivity contribution is 14.0. The lowest BCUT2D eigenvalue weighted by Gasteiger charge is -2.17. The molecule has 0 aliphatic rings. The molecule has 1 heterocycles. The predicted molar refractivity (Wildman–Crippen MR) is 117 cm³/mol. The van der Waals surface area contributed by atoms with E-state index in [0.717, 1.165) is 16.9 Å². The van der Waals surface area contributed by atoms with Crippen LogP contribution in [0.1, 0.15) is 41.3 Å². The van der Waals surface area contributed by atoms with Gasteiger partial charge in [-0.15, -0.1) is 24.0 Å². The van der Waals surface area contributed by atoms with Crippen molar-refractivity contribution in [3.63, 3.8) is 0 Å². The summed E-state index contributed by atoms with van der Waals surface area (Å²) in [6.45, 7) is 6.99. The number of halogens is 1. The zero-order valence-corrected chi connectivity index (χ0v) is 18.4. The van der Waals surface area contributed by atoms with Crippen LogP contribution in [0.25, 0.3) is 0 Å². The number of nitrogens with one attached hydrogen (secondary N) is 2. The third-order valence-corrected chi connectivity index (χ3v) is 3.59. The second kappa shape index (κ2) is 10.8. The van der Waals surface area contributed by atoms with Crippen LogP contribution in [0.5, 0.6) is 5.75 Å². The molecule has 0 fully saturated rings. The molecule has 1 amide bonds. The van der Waals surface area contributed by atoms with E-state index in [1.54, 1.807) is 19.2 Å². The number of hydrogen-bond donors (Lipinski definition) is 3. The van der Waals surface area contributed by atoms with Crippen LogP contribution in [0.3, 0.4) is 0 Å². The van der Waals surface area contributed by atoms with E-state index in [1.165, 1.54) is 0 Å². The Morgan fingerprint density at radius 1 is 1.22 bits per heavy atom. The minimum Gasteiger partial charge on any atom is -0.491 e. The fourth-order valence-electron chi connectivity index (χ4n) is 2.35. The van der Waals surface area contributed by atoms with E-state index in [2.05, 4.69) is 21.7 Å². The van der Waals surface area contributed by atoms with Crippen molar-refractivity contribution in [1.29, 1.82) is 0 Å². The normalized spacial score (nSPS) is 11.1. The van der Waals surface area contributed by atoms with Gasteiger partial charge in [0.15, 0.2) is 11.7 Å². The topological polar surface area (TPSA) is 102 Å². The standard InChI is InChI=1S/C19H26N4O3.HI/c1-12(2)25-17-9-13(3)5-6-14(17)10-22-19(21-4)23-11-15-7-8-16(26-15)18(20)24;/h5-9,12H,10-11H2,1-4H3,(H2,20,24)(H2,21,22,23);1H. The van der Waals surface area contributed by atoms with Crippen LogP contribution in [-0.2, 0) is 13.1 Å². The molecule has 1 aromatic carbocycles. The Hall–Kier alpha value is -2.23. The summed E-state index contributed by atoms with van der Waals surface area (Å²) in [5.41, 5.74) is 7.37. The van der Waals surface area contributed by atoms with Gasteiger partial charge in [0.25, 0.3) is 5.91 Å². The number of hydrogen-bond acceptors (Lipinski definition) is 4. The molecule has 4 N–H and O–H groups in total. The first-order valence-corrected chi connectivity index (χ1v) is 8.48. The fraction of sp³-hybridized carbons (Fsp3) is 0.368. The van der Waals surface area contributed by atoms with Gasteiger partial charge < -0.3 is 25.5 Å². The third kappa shape index (κ3) is 7.12. The Morgan fingerprint density at radius 3 is 2.52 bits per heavy atom. The van der Waals surface area contributed by atoms with Crippen molar-refractivity contribution in [2.24, 2.45) is 10.7 Å². The van der Waals surface area contributed by atoms with E-state index < -0.39 is 5.91 Å². The number of furan rings is 1. The molecule has 1 aromatic heterocycles. The van der Waals surface area contributed by atoms with Gasteiger partial charge in [0.1, 0.15) is 11.5 Å². The van der Waals surface area contributed by atoms with Crippen molar-refractivity contribution in [3.05, 3.63) is 53.0 Å². The van der Waals surface area contributed by atoms with Gasteiger partial charge in [-0.25, -0.2) is 0 Å². The lowest BCUT2D eigenvalue weighted by molar-refractivity contribution is 0.0972. The van der Waals surface area contributed by atoms with Crippen LogP contribution in [0.4, 0.5) is 0 Å². The van der Waals surface area contributed by atoms with E-state index in [0.29, 0.717) is 24.8 Å². The smallest absolute Gasteiger partial charge is 0.284 e. The van der Waals surface area contributed by atoms with Gasteiger partial charge in [0, 0.05) is 19.2 Å². The van der Waals surface area contributed by atoms with E-state index in [1.807, 2.05) is 32.9 Å². The van der Waals surface area contributed by atoms with Crippen LogP contribution in [0.15, 0.2) is 39.7 Å². The number of aliphatic imine (C=N–C) groups is 1. The Balaban J connectivity index is 0.00000364. The summed E-state index contributed by atoms with van der Waals surface area (Å²) in [6, 6.07) is 9.38. The molecule has 148 valence electrons. The first kappa shape index (κ1) is 22.8. The van der Waals surface area contributed by atoms with Crippen molar-refractivity contribution in [1.82, 2.24) is 10.6 Å². The predicted octanol–water partition coefficient (Wildman–Crippen LogP) is 2.96. The van der Waals surface area contributed by atoms with Gasteiger partial charge in [-0.1, -0.05) is 12.1 Å². The Kier molecular flexibility index (Phi) is 9.13. The fourth-order valence-corrected chi connectivity index (χ4v) is 2.35. The average molecular weight is 486 g/mol. The van der Waals surface area contributed by atoms with Crippen LogP contribution >= 0.6 is 24.0 Å². The number of aryl methyl sites for hydroxylation is 1. The second-order valence-electron chi connectivity index (χ2n) is 6.19. The van der Waals surface area contributed by atoms with Gasteiger partial charge in [-0.2, -0.15) is 0 Å². The highest BCUT2D eigenvalue weighted by atomic mass is 127. The minimum atomic E-state index is -0.587. The van der Waals surface area contributed by atoms with Crippen molar-refractivity contribution < 1.29 is 13.9 Å². The van der Waals surface area contributed by atoms with Crippen LogP contribution in [0.2, 0.25) is 0 Å². The SMILES string of the molecule is CN=C(NCc1ccc(C(N)=O)o1)NCc1ccc(C)cc1OC(C)C.I. The highest BCUT2D eigenvalue weighted by Gasteiger charge is 2.09. The molecule has 0 bridgehead atoms. The molecule has 0 saturated carbocycles. The summed E-state index contributed by atoms with van der Waals surface area (Å²) in [6.07, 6.45) is 0.103. The molecule has 0 unspecified atom stereocenters. The van der Waals surface area contributed by atoms with E-state index in [-0.39, 0.29) is 35.8 Å². The number of nitrogens with two attached hydrogens (primary N) is 1. The second-order valence-corrected chi connectivity index (χ2v) is 6.19. The number of rotatable bonds is 7. The van der Waals surface area contributed by atoms with Crippen LogP contribution in [0, 0.1) is 6.92 Å². The summed E-state index contributed by atoms with van der Waals surface area (Å²) in [5, 5.41) is 6.38. The molecule has 0 aliphatic heterocycles. The summed E-state index contributed by atoms with van der Waals surface area (Å²) < 4.78 is 11.2. The molecule has 2 aromatic rings. The number of guanidine groups is 1. The Bertz CT molecular complexity index is 787. The largest absolute Gasteiger partial charge is 0.491 e. The number of carbonyl (C=O) groups excluding carboxylic acids is 1. The van der Waals surface area contributed by atoms with Gasteiger partial charge >= 0.3 is 0 Å². The summed E-state index contributed by atoms with van der Waals surface area (Å²) in [7, 11) is 1.69. The van der Waals surface area contributed by atoms with Crippen LogP contribution < -0.4 is 21.1 Å². The molecule has 0 spiro atoms. The molecule has 8 heteroatoms. The number of amides is 1. The van der Waals surface area contributed by atoms with Gasteiger partial charge in [-0.3, -0.25) is 9.79 Å². The zero-order valence-electron chi connectivity index (χ0n) is 16.0. The lowest BCUT2D eigenvalue weighted by Crippen LogP contribution is -2.36. The van der Waals surface area contributed by atoms with E-state index >= 15 is 0 Å². The van der Waals surface area contributed by atoms with Crippen molar-refractivity contribution in [3.8, 4) is 5.75 Å². The van der Waals surface area contributed by atoms with Crippen molar-refractivity contribution >= 4 is 35.8 Å². The first-order chi connectivity index (χ1) is 12.4. The quantitative estimate of drug-likeness (QED) is 0.318. The van der Waals surface area contributed by atoms with Gasteiger partial charge in [-0.05, 0) is 44.5 Å². The molecule has 0 aliphatic carbocycles. The summed E-state index contributed by atoms with van der Waals surface area (Å²) >= 11 is 0. The maximum Gasteiger partial charge on any atom is 0.284 e. The summed E-state index contributed by atoms with van der Waals surface area (Å²) in [5.74, 6) is 1.62. The first-order valence-electron chi connectivity index (χ1n) is 8.48. The lowest BCUT2D eigenvalue weighted by atomic mass is 10.1. The maximum atomic E-state index is 11.1. The van der Waals surface area contributed by atoms with Crippen molar-refractivity contribution in [2.45, 2.75) is 40.0 Å². The van der Waals surface area contributed by atoms with E-state index in [9.17, 15) is 4.79 Å². The Labute approximate surface area is 176 Å². The van der Waals surface area contributed by atoms with Crippen molar-refractivity contribution in [2.75, 3.05) is 7.05 Å². The molecule has 7 nitrogen and oxygen atoms in total. The number of ether oxygens (including phenoxy) is 1. The number of nitrogens with zero attached hydrogens (tertiary/aromatic N) is 1. The molecule has 0 atom stereocenters. The van der Waals surface area contributed by atoms with Crippen LogP contribution in [-0.4, -0.2) is 25.0 Å². The van der Waals surface area contributed by atoms with Gasteiger partial charge in [0.05, 0.1) is 12.6 Å². The average Bonchev–Trinajstić information content (AvgIpc) is 3.05. The van der Waals surface area contributed by atoms with Gasteiger partial charge in [0.2, 0.25) is 0 Å². The highest BCUT2D eigenvalue weighted by Crippen LogP contribution is 2.21. The molecular weight excluding hydrogens is 459 g/mol. The zero-order chi connectivity index (χ0) is 19.1. The molecule has 0 radical (unpaired) electrons. The number of carbonyl (C=O) groups is 1.